The van der Waals surface area contributed by atoms with Gasteiger partial charge in [-0.15, -0.1) is 0 Å². The van der Waals surface area contributed by atoms with Crippen molar-refractivity contribution in [3.8, 4) is 0 Å². The summed E-state index contributed by atoms with van der Waals surface area (Å²) in [6.07, 6.45) is -1.13. The molecule has 0 bridgehead atoms. The molecule has 1 heterocycles. The van der Waals surface area contributed by atoms with Gasteiger partial charge in [-0.1, -0.05) is 6.42 Å². The molecular weight excluding hydrogens is 355 g/mol. The predicted molar refractivity (Wildman–Crippen MR) is 74.1 cm³/mol. The third-order valence-electron chi connectivity index (χ3n) is 3.49. The van der Waals surface area contributed by atoms with Crippen LogP contribution in [0.4, 0.5) is 18.9 Å². The maximum absolute atomic E-state index is 12.3. The first-order valence-electron chi connectivity index (χ1n) is 6.52. The molecule has 5 nitrogen and oxygen atoms in total. The van der Waals surface area contributed by atoms with E-state index in [2.05, 4.69) is 26.3 Å². The van der Waals surface area contributed by atoms with Gasteiger partial charge >= 0.3 is 6.18 Å². The van der Waals surface area contributed by atoms with Gasteiger partial charge < -0.3 is 10.4 Å². The van der Waals surface area contributed by atoms with E-state index in [9.17, 15) is 23.1 Å². The number of hydrogen-bond donors (Lipinski definition) is 2. The Morgan fingerprint density at radius 2 is 2.19 bits per heavy atom. The number of aliphatic hydroxyl groups excluding tert-OH is 1. The second-order valence-electron chi connectivity index (χ2n) is 5.09. The molecule has 1 aliphatic rings. The molecule has 2 unspecified atom stereocenters. The quantitative estimate of drug-likeness (QED) is 0.853. The van der Waals surface area contributed by atoms with Crippen LogP contribution in [0.5, 0.6) is 0 Å². The van der Waals surface area contributed by atoms with Crippen LogP contribution in [-0.4, -0.2) is 33.7 Å². The minimum atomic E-state index is -4.50. The lowest BCUT2D eigenvalue weighted by Crippen LogP contribution is -2.31. The lowest BCUT2D eigenvalue weighted by molar-refractivity contribution is -0.143. The van der Waals surface area contributed by atoms with Gasteiger partial charge in [0.15, 0.2) is 0 Å². The lowest BCUT2D eigenvalue weighted by atomic mass is 10.1. The summed E-state index contributed by atoms with van der Waals surface area (Å²) in [6, 6.07) is 0. The molecule has 21 heavy (non-hydrogen) atoms. The summed E-state index contributed by atoms with van der Waals surface area (Å²) >= 11 is 3.00. The molecule has 2 atom stereocenters. The number of nitrogens with one attached hydrogen (secondary N) is 1. The van der Waals surface area contributed by atoms with Crippen molar-refractivity contribution in [1.82, 2.24) is 9.78 Å². The Kier molecular flexibility index (Phi) is 4.92. The highest BCUT2D eigenvalue weighted by atomic mass is 79.9. The fraction of sp³-hybridized carbons (Fsp3) is 0.667. The zero-order valence-corrected chi connectivity index (χ0v) is 12.6. The molecule has 1 fully saturated rings. The van der Waals surface area contributed by atoms with Gasteiger partial charge in [0.25, 0.3) is 5.56 Å². The van der Waals surface area contributed by atoms with E-state index in [1.165, 1.54) is 6.20 Å². The van der Waals surface area contributed by atoms with E-state index in [0.29, 0.717) is 16.9 Å². The molecule has 1 aromatic heterocycles. The minimum Gasteiger partial charge on any atom is -0.393 e. The third kappa shape index (κ3) is 4.19. The van der Waals surface area contributed by atoms with Crippen molar-refractivity contribution in [3.63, 3.8) is 0 Å². The zero-order valence-electron chi connectivity index (χ0n) is 11.0. The summed E-state index contributed by atoms with van der Waals surface area (Å²) in [5.74, 6) is 0.0782. The largest absolute Gasteiger partial charge is 0.408 e. The van der Waals surface area contributed by atoms with Gasteiger partial charge in [0.05, 0.1) is 18.0 Å². The van der Waals surface area contributed by atoms with Crippen molar-refractivity contribution in [1.29, 1.82) is 0 Å². The van der Waals surface area contributed by atoms with Gasteiger partial charge in [0.2, 0.25) is 0 Å². The van der Waals surface area contributed by atoms with E-state index in [1.807, 2.05) is 0 Å². The first-order valence-corrected chi connectivity index (χ1v) is 7.31. The normalized spacial score (nSPS) is 22.5. The number of aliphatic hydroxyl groups is 1. The molecule has 0 aromatic carbocycles. The number of alkyl halides is 3. The zero-order chi connectivity index (χ0) is 15.6. The number of rotatable bonds is 4. The van der Waals surface area contributed by atoms with Gasteiger partial charge in [-0.05, 0) is 28.8 Å². The van der Waals surface area contributed by atoms with E-state index in [0.717, 1.165) is 19.3 Å². The van der Waals surface area contributed by atoms with Gasteiger partial charge in [-0.3, -0.25) is 4.79 Å². The molecule has 2 rings (SSSR count). The Bertz CT molecular complexity index is 562. The van der Waals surface area contributed by atoms with Crippen LogP contribution < -0.4 is 10.9 Å². The average molecular weight is 370 g/mol. The van der Waals surface area contributed by atoms with Crippen LogP contribution in [0.1, 0.15) is 19.3 Å². The van der Waals surface area contributed by atoms with E-state index in [1.54, 1.807) is 0 Å². The molecule has 1 saturated carbocycles. The van der Waals surface area contributed by atoms with Crippen LogP contribution in [-0.2, 0) is 6.54 Å². The molecule has 0 amide bonds. The number of nitrogens with zero attached hydrogens (tertiary/aromatic N) is 2. The van der Waals surface area contributed by atoms with Crippen LogP contribution >= 0.6 is 15.9 Å². The molecule has 9 heteroatoms. The van der Waals surface area contributed by atoms with Crippen LogP contribution in [0.3, 0.4) is 0 Å². The second kappa shape index (κ2) is 6.35. The Morgan fingerprint density at radius 3 is 2.76 bits per heavy atom. The number of aromatic nitrogens is 2. The van der Waals surface area contributed by atoms with Gasteiger partial charge in [0.1, 0.15) is 11.0 Å². The maximum atomic E-state index is 12.3. The standard InChI is InChI=1S/C12H15BrF3N3O2/c13-10-8(17-4-7-2-1-3-9(7)20)5-18-19(11(10)21)6-12(14,15)16/h5,7,9,17,20H,1-4,6H2. The van der Waals surface area contributed by atoms with Crippen molar-refractivity contribution in [3.05, 3.63) is 21.0 Å². The first-order chi connectivity index (χ1) is 9.78. The maximum Gasteiger partial charge on any atom is 0.408 e. The summed E-state index contributed by atoms with van der Waals surface area (Å²) in [7, 11) is 0. The summed E-state index contributed by atoms with van der Waals surface area (Å²) in [5.41, 5.74) is -0.512. The average Bonchev–Trinajstić information content (AvgIpc) is 2.78. The van der Waals surface area contributed by atoms with Crippen molar-refractivity contribution in [2.45, 2.75) is 38.1 Å². The Morgan fingerprint density at radius 1 is 1.48 bits per heavy atom. The Labute approximate surface area is 127 Å². The van der Waals surface area contributed by atoms with Crippen molar-refractivity contribution in [2.75, 3.05) is 11.9 Å². The van der Waals surface area contributed by atoms with E-state index in [-0.39, 0.29) is 16.5 Å². The molecule has 0 aliphatic heterocycles. The summed E-state index contributed by atoms with van der Waals surface area (Å²) in [5, 5.41) is 16.2. The molecule has 118 valence electrons. The summed E-state index contributed by atoms with van der Waals surface area (Å²) in [6.45, 7) is -0.976. The lowest BCUT2D eigenvalue weighted by Gasteiger charge is -2.17. The fourth-order valence-corrected chi connectivity index (χ4v) is 2.81. The van der Waals surface area contributed by atoms with Crippen LogP contribution in [0.15, 0.2) is 15.5 Å². The molecule has 1 aromatic rings. The molecule has 0 spiro atoms. The predicted octanol–water partition coefficient (Wildman–Crippen LogP) is 2.14. The molecule has 0 saturated heterocycles. The van der Waals surface area contributed by atoms with Gasteiger partial charge in [-0.2, -0.15) is 18.3 Å². The highest BCUT2D eigenvalue weighted by Gasteiger charge is 2.30. The van der Waals surface area contributed by atoms with E-state index in [4.69, 9.17) is 0 Å². The van der Waals surface area contributed by atoms with Crippen molar-refractivity contribution in [2.24, 2.45) is 5.92 Å². The van der Waals surface area contributed by atoms with E-state index < -0.39 is 18.3 Å². The fourth-order valence-electron chi connectivity index (χ4n) is 2.37. The van der Waals surface area contributed by atoms with Crippen LogP contribution in [0.2, 0.25) is 0 Å². The van der Waals surface area contributed by atoms with Crippen molar-refractivity contribution < 1.29 is 18.3 Å². The number of hydrogen-bond acceptors (Lipinski definition) is 4. The molecule has 1 aliphatic carbocycles. The Hall–Kier alpha value is -1.09. The topological polar surface area (TPSA) is 67.2 Å². The van der Waals surface area contributed by atoms with E-state index >= 15 is 0 Å². The third-order valence-corrected chi connectivity index (χ3v) is 4.25. The highest BCUT2D eigenvalue weighted by molar-refractivity contribution is 9.10. The summed E-state index contributed by atoms with van der Waals surface area (Å²) < 4.78 is 37.2. The molecule has 0 radical (unpaired) electrons. The number of halogens is 4. The number of anilines is 1. The van der Waals surface area contributed by atoms with Crippen LogP contribution in [0.25, 0.3) is 0 Å². The van der Waals surface area contributed by atoms with Gasteiger partial charge in [0, 0.05) is 12.5 Å². The monoisotopic (exact) mass is 369 g/mol. The smallest absolute Gasteiger partial charge is 0.393 e. The first kappa shape index (κ1) is 16.3. The molecular formula is C12H15BrF3N3O2. The summed E-state index contributed by atoms with van der Waals surface area (Å²) in [4.78, 5) is 11.8. The van der Waals surface area contributed by atoms with Gasteiger partial charge in [-0.25, -0.2) is 4.68 Å². The SMILES string of the molecule is O=c1c(Br)c(NCC2CCCC2O)cnn1CC(F)(F)F. The Balaban J connectivity index is 2.08. The van der Waals surface area contributed by atoms with Crippen LogP contribution in [0, 0.1) is 5.92 Å². The molecule has 2 N–H and O–H groups in total. The minimum absolute atomic E-state index is 0.00855. The second-order valence-corrected chi connectivity index (χ2v) is 5.88. The highest BCUT2D eigenvalue weighted by Crippen LogP contribution is 2.26. The van der Waals surface area contributed by atoms with Crippen molar-refractivity contribution >= 4 is 21.6 Å².